The number of H-pyrrole nitrogens is 1. The Balaban J connectivity index is 0.000000396. The Hall–Kier alpha value is -3.02. The van der Waals surface area contributed by atoms with Gasteiger partial charge >= 0.3 is 18.1 Å². The summed E-state index contributed by atoms with van der Waals surface area (Å²) < 4.78 is 43.0. The minimum absolute atomic E-state index is 0.110. The van der Waals surface area contributed by atoms with Crippen LogP contribution < -0.4 is 9.47 Å². The largest absolute Gasteiger partial charge is 0.492 e. The van der Waals surface area contributed by atoms with Crippen molar-refractivity contribution in [3.8, 4) is 17.4 Å². The summed E-state index contributed by atoms with van der Waals surface area (Å²) in [7, 11) is 0. The molecular formula is C17H17ClF3N3O6. The van der Waals surface area contributed by atoms with Crippen LogP contribution in [-0.2, 0) is 4.79 Å². The van der Waals surface area contributed by atoms with Crippen molar-refractivity contribution in [1.82, 2.24) is 15.4 Å². The van der Waals surface area contributed by atoms with Gasteiger partial charge in [-0.2, -0.15) is 13.2 Å². The van der Waals surface area contributed by atoms with Crippen molar-refractivity contribution in [2.75, 3.05) is 6.61 Å². The number of nitrogens with zero attached hydrogens (tertiary/aromatic N) is 2. The summed E-state index contributed by atoms with van der Waals surface area (Å²) in [4.78, 5) is 19.9. The first-order valence-electron chi connectivity index (χ1n) is 8.62. The van der Waals surface area contributed by atoms with Crippen LogP contribution in [0.2, 0.25) is 5.02 Å². The van der Waals surface area contributed by atoms with Crippen LogP contribution in [0.4, 0.5) is 13.2 Å². The van der Waals surface area contributed by atoms with Crippen molar-refractivity contribution >= 4 is 23.5 Å². The maximum Gasteiger partial charge on any atom is 0.490 e. The van der Waals surface area contributed by atoms with E-state index in [0.29, 0.717) is 29.0 Å². The Labute approximate surface area is 172 Å². The Kier molecular flexibility index (Phi) is 7.86. The average Bonchev–Trinajstić information content (AvgIpc) is 3.33. The smallest absolute Gasteiger partial charge is 0.490 e. The Morgan fingerprint density at radius 3 is 2.43 bits per heavy atom. The van der Waals surface area contributed by atoms with Gasteiger partial charge in [0.25, 0.3) is 5.88 Å². The third kappa shape index (κ3) is 6.79. The Morgan fingerprint density at radius 2 is 1.87 bits per heavy atom. The topological polar surface area (TPSA) is 135 Å². The molecule has 2 aromatic rings. The van der Waals surface area contributed by atoms with Crippen LogP contribution in [0.25, 0.3) is 0 Å². The van der Waals surface area contributed by atoms with E-state index in [4.69, 9.17) is 36.1 Å². The number of ether oxygens (including phenoxy) is 2. The van der Waals surface area contributed by atoms with E-state index in [1.54, 1.807) is 18.2 Å². The lowest BCUT2D eigenvalue weighted by molar-refractivity contribution is -0.192. The highest BCUT2D eigenvalue weighted by Gasteiger charge is 2.38. The highest BCUT2D eigenvalue weighted by molar-refractivity contribution is 6.32. The van der Waals surface area contributed by atoms with Gasteiger partial charge < -0.3 is 19.7 Å². The van der Waals surface area contributed by atoms with Crippen LogP contribution in [-0.4, -0.2) is 50.3 Å². The molecule has 164 valence electrons. The van der Waals surface area contributed by atoms with Crippen molar-refractivity contribution in [2.24, 2.45) is 5.92 Å². The van der Waals surface area contributed by atoms with Gasteiger partial charge in [-0.1, -0.05) is 34.8 Å². The molecule has 3 N–H and O–H groups in total. The normalized spacial score (nSPS) is 14.0. The zero-order valence-electron chi connectivity index (χ0n) is 15.3. The number of carboxylic acids is 2. The lowest BCUT2D eigenvalue weighted by Crippen LogP contribution is -2.21. The molecule has 9 nitrogen and oxygen atoms in total. The quantitative estimate of drug-likeness (QED) is 0.596. The summed E-state index contributed by atoms with van der Waals surface area (Å²) >= 11 is 6.14. The van der Waals surface area contributed by atoms with Gasteiger partial charge in [0.15, 0.2) is 0 Å². The number of carboxylic acid groups (broad SMARTS) is 2. The van der Waals surface area contributed by atoms with E-state index in [1.807, 2.05) is 0 Å². The second kappa shape index (κ2) is 10.1. The number of benzene rings is 1. The molecule has 0 spiro atoms. The molecule has 0 amide bonds. The van der Waals surface area contributed by atoms with E-state index < -0.39 is 18.1 Å². The van der Waals surface area contributed by atoms with E-state index in [0.717, 1.165) is 0 Å². The first-order valence-corrected chi connectivity index (χ1v) is 9.00. The van der Waals surface area contributed by atoms with Crippen LogP contribution in [0.15, 0.2) is 18.2 Å². The molecular weight excluding hydrogens is 435 g/mol. The standard InChI is InChI=1S/C15H16ClN3O4.C2HF3O2/c16-11-6-5-10(23-14-13(15(20)21)17-19-18-14)7-12(11)22-8-9-3-1-2-4-9;3-2(4,5)1(6)7/h5-7,9H,1-4,8H2,(H,20,21)(H,17,18,19);(H,6,7). The average molecular weight is 452 g/mol. The molecule has 1 aliphatic rings. The lowest BCUT2D eigenvalue weighted by Gasteiger charge is -2.13. The van der Waals surface area contributed by atoms with Crippen LogP contribution in [0.1, 0.15) is 36.2 Å². The molecule has 1 fully saturated rings. The van der Waals surface area contributed by atoms with Gasteiger partial charge in [0.1, 0.15) is 11.5 Å². The molecule has 0 saturated heterocycles. The molecule has 30 heavy (non-hydrogen) atoms. The molecule has 0 bridgehead atoms. The van der Waals surface area contributed by atoms with E-state index in [1.165, 1.54) is 25.7 Å². The monoisotopic (exact) mass is 451 g/mol. The number of aromatic nitrogens is 3. The highest BCUT2D eigenvalue weighted by atomic mass is 35.5. The second-order valence-corrected chi connectivity index (χ2v) is 6.66. The molecule has 1 heterocycles. The number of aliphatic carboxylic acids is 1. The lowest BCUT2D eigenvalue weighted by atomic mass is 10.1. The predicted molar refractivity (Wildman–Crippen MR) is 96.0 cm³/mol. The minimum atomic E-state index is -5.08. The number of aromatic carboxylic acids is 1. The van der Waals surface area contributed by atoms with Crippen LogP contribution in [0.5, 0.6) is 17.4 Å². The van der Waals surface area contributed by atoms with Gasteiger partial charge in [-0.15, -0.1) is 0 Å². The fourth-order valence-electron chi connectivity index (χ4n) is 2.58. The third-order valence-corrected chi connectivity index (χ3v) is 4.35. The summed E-state index contributed by atoms with van der Waals surface area (Å²) in [5.74, 6) is -2.61. The van der Waals surface area contributed by atoms with Gasteiger partial charge in [-0.25, -0.2) is 14.7 Å². The molecule has 1 aliphatic carbocycles. The fourth-order valence-corrected chi connectivity index (χ4v) is 2.76. The molecule has 13 heteroatoms. The van der Waals surface area contributed by atoms with E-state index in [2.05, 4.69) is 15.4 Å². The van der Waals surface area contributed by atoms with Crippen LogP contribution in [0.3, 0.4) is 0 Å². The third-order valence-electron chi connectivity index (χ3n) is 4.04. The van der Waals surface area contributed by atoms with Gasteiger partial charge in [-0.3, -0.25) is 0 Å². The number of rotatable bonds is 6. The molecule has 0 atom stereocenters. The number of nitrogens with one attached hydrogen (secondary N) is 1. The SMILES string of the molecule is O=C(O)C(F)(F)F.O=C(O)c1[nH]nnc1Oc1ccc(Cl)c(OCC2CCCC2)c1. The van der Waals surface area contributed by atoms with E-state index >= 15 is 0 Å². The number of carbonyl (C=O) groups is 2. The molecule has 0 unspecified atom stereocenters. The van der Waals surface area contributed by atoms with Gasteiger partial charge in [0.2, 0.25) is 5.69 Å². The molecule has 0 aliphatic heterocycles. The number of hydrogen-bond acceptors (Lipinski definition) is 6. The van der Waals surface area contributed by atoms with Crippen LogP contribution in [0, 0.1) is 5.92 Å². The summed E-state index contributed by atoms with van der Waals surface area (Å²) in [5, 5.41) is 25.9. The summed E-state index contributed by atoms with van der Waals surface area (Å²) in [5.41, 5.74) is -0.214. The van der Waals surface area contributed by atoms with E-state index in [9.17, 15) is 18.0 Å². The fraction of sp³-hybridized carbons (Fsp3) is 0.412. The zero-order valence-corrected chi connectivity index (χ0v) is 16.0. The first kappa shape index (κ1) is 23.3. The van der Waals surface area contributed by atoms with Crippen molar-refractivity contribution < 1.29 is 42.4 Å². The molecule has 1 saturated carbocycles. The van der Waals surface area contributed by atoms with Gasteiger partial charge in [0, 0.05) is 6.07 Å². The van der Waals surface area contributed by atoms with Crippen molar-refractivity contribution in [3.63, 3.8) is 0 Å². The second-order valence-electron chi connectivity index (χ2n) is 6.26. The number of alkyl halides is 3. The van der Waals surface area contributed by atoms with E-state index in [-0.39, 0.29) is 11.6 Å². The maximum absolute atomic E-state index is 11.0. The number of hydrogen-bond donors (Lipinski definition) is 3. The van der Waals surface area contributed by atoms with Crippen LogP contribution >= 0.6 is 11.6 Å². The molecule has 1 aromatic heterocycles. The Bertz CT molecular complexity index is 884. The number of aromatic amines is 1. The zero-order chi connectivity index (χ0) is 22.3. The molecule has 1 aromatic carbocycles. The Morgan fingerprint density at radius 1 is 1.23 bits per heavy atom. The first-order chi connectivity index (χ1) is 14.1. The summed E-state index contributed by atoms with van der Waals surface area (Å²) in [6, 6.07) is 4.88. The summed E-state index contributed by atoms with van der Waals surface area (Å²) in [6.07, 6.45) is -0.243. The minimum Gasteiger partial charge on any atom is -0.492 e. The molecule has 3 rings (SSSR count). The maximum atomic E-state index is 11.0. The summed E-state index contributed by atoms with van der Waals surface area (Å²) in [6.45, 7) is 0.619. The number of halogens is 4. The molecule has 0 radical (unpaired) electrons. The van der Waals surface area contributed by atoms with Crippen molar-refractivity contribution in [1.29, 1.82) is 0 Å². The van der Waals surface area contributed by atoms with Gasteiger partial charge in [0.05, 0.1) is 11.6 Å². The highest BCUT2D eigenvalue weighted by Crippen LogP contribution is 2.33. The van der Waals surface area contributed by atoms with Crippen molar-refractivity contribution in [3.05, 3.63) is 28.9 Å². The van der Waals surface area contributed by atoms with Gasteiger partial charge in [-0.05, 0) is 30.9 Å². The predicted octanol–water partition coefficient (Wildman–Crippen LogP) is 4.15. The van der Waals surface area contributed by atoms with Crippen molar-refractivity contribution in [2.45, 2.75) is 31.9 Å².